The van der Waals surface area contributed by atoms with E-state index in [1.54, 1.807) is 4.68 Å². The number of halogens is 1. The topological polar surface area (TPSA) is 37.2 Å². The van der Waals surface area contributed by atoms with Gasteiger partial charge in [-0.25, -0.2) is 4.39 Å². The van der Waals surface area contributed by atoms with Crippen molar-refractivity contribution in [3.8, 4) is 5.75 Å². The van der Waals surface area contributed by atoms with Gasteiger partial charge in [0.15, 0.2) is 0 Å². The van der Waals surface area contributed by atoms with E-state index < -0.39 is 0 Å². The number of hydrogen-bond acceptors (Lipinski definition) is 2. The van der Waals surface area contributed by atoms with Gasteiger partial charge >= 0.3 is 0 Å². The zero-order valence-electron chi connectivity index (χ0n) is 8.89. The highest BCUT2D eigenvalue weighted by Crippen LogP contribution is 2.25. The van der Waals surface area contributed by atoms with Crippen LogP contribution in [0.3, 0.4) is 0 Å². The lowest BCUT2D eigenvalue weighted by atomic mass is 10.1. The van der Waals surface area contributed by atoms with Gasteiger partial charge in [-0.15, -0.1) is 0 Å². The minimum absolute atomic E-state index is 0.0913. The molecule has 0 amide bonds. The number of aromatic hydroxyl groups is 1. The third kappa shape index (κ3) is 2.16. The van der Waals surface area contributed by atoms with Crippen molar-refractivity contribution in [2.75, 3.05) is 5.43 Å². The van der Waals surface area contributed by atoms with E-state index in [-0.39, 0.29) is 17.6 Å². The second kappa shape index (κ2) is 4.26. The van der Waals surface area contributed by atoms with Crippen molar-refractivity contribution in [1.82, 2.24) is 4.68 Å². The summed E-state index contributed by atoms with van der Waals surface area (Å²) in [6.07, 6.45) is 3.68. The van der Waals surface area contributed by atoms with Crippen molar-refractivity contribution in [2.45, 2.75) is 13.0 Å². The Morgan fingerprint density at radius 3 is 2.69 bits per heavy atom. The van der Waals surface area contributed by atoms with Gasteiger partial charge in [-0.3, -0.25) is 4.68 Å². The maximum absolute atomic E-state index is 13.0. The number of nitrogens with one attached hydrogen (secondary N) is 1. The van der Waals surface area contributed by atoms with E-state index in [2.05, 4.69) is 5.43 Å². The Balaban J connectivity index is 2.20. The zero-order chi connectivity index (χ0) is 11.5. The van der Waals surface area contributed by atoms with Gasteiger partial charge in [-0.2, -0.15) is 0 Å². The second-order valence-electron chi connectivity index (χ2n) is 3.64. The largest absolute Gasteiger partial charge is 0.508 e. The van der Waals surface area contributed by atoms with Crippen LogP contribution >= 0.6 is 0 Å². The molecule has 0 saturated heterocycles. The highest BCUT2D eigenvalue weighted by atomic mass is 19.1. The molecule has 1 unspecified atom stereocenters. The molecular weight excluding hydrogens is 207 g/mol. The van der Waals surface area contributed by atoms with Crippen molar-refractivity contribution in [3.63, 3.8) is 0 Å². The third-order valence-electron chi connectivity index (χ3n) is 2.40. The number of hydrogen-bond donors (Lipinski definition) is 2. The fraction of sp³-hybridized carbons (Fsp3) is 0.167. The zero-order valence-corrected chi connectivity index (χ0v) is 8.89. The first kappa shape index (κ1) is 10.5. The molecule has 1 heterocycles. The van der Waals surface area contributed by atoms with Crippen LogP contribution in [0.5, 0.6) is 5.75 Å². The van der Waals surface area contributed by atoms with E-state index in [0.717, 1.165) is 0 Å². The molecule has 0 saturated carbocycles. The Morgan fingerprint density at radius 1 is 1.31 bits per heavy atom. The van der Waals surface area contributed by atoms with Crippen LogP contribution in [0.25, 0.3) is 0 Å². The van der Waals surface area contributed by atoms with Crippen molar-refractivity contribution >= 4 is 0 Å². The molecule has 0 aliphatic carbocycles. The third-order valence-corrected chi connectivity index (χ3v) is 2.40. The number of phenols is 1. The van der Waals surface area contributed by atoms with Crippen molar-refractivity contribution in [2.24, 2.45) is 0 Å². The summed E-state index contributed by atoms with van der Waals surface area (Å²) < 4.78 is 14.8. The van der Waals surface area contributed by atoms with Gasteiger partial charge in [-0.1, -0.05) is 0 Å². The maximum atomic E-state index is 13.0. The van der Waals surface area contributed by atoms with Crippen LogP contribution in [-0.2, 0) is 0 Å². The summed E-state index contributed by atoms with van der Waals surface area (Å²) in [4.78, 5) is 0. The molecule has 0 aliphatic heterocycles. The maximum Gasteiger partial charge on any atom is 0.123 e. The van der Waals surface area contributed by atoms with Gasteiger partial charge in [0.1, 0.15) is 11.6 Å². The smallest absolute Gasteiger partial charge is 0.123 e. The molecule has 4 heteroatoms. The highest BCUT2D eigenvalue weighted by molar-refractivity contribution is 5.36. The quantitative estimate of drug-likeness (QED) is 0.834. The first-order valence-electron chi connectivity index (χ1n) is 5.05. The second-order valence-corrected chi connectivity index (χ2v) is 3.64. The van der Waals surface area contributed by atoms with Crippen LogP contribution in [0.15, 0.2) is 42.7 Å². The van der Waals surface area contributed by atoms with E-state index in [1.165, 1.54) is 18.2 Å². The predicted octanol–water partition coefficient (Wildman–Crippen LogP) is 2.64. The number of rotatable bonds is 3. The number of aromatic nitrogens is 1. The Kier molecular flexibility index (Phi) is 2.81. The van der Waals surface area contributed by atoms with Crippen LogP contribution in [-0.4, -0.2) is 9.78 Å². The number of nitrogens with zero attached hydrogens (tertiary/aromatic N) is 1. The molecule has 2 rings (SSSR count). The van der Waals surface area contributed by atoms with E-state index in [0.29, 0.717) is 5.56 Å². The molecule has 0 bridgehead atoms. The van der Waals surface area contributed by atoms with Crippen LogP contribution in [0, 0.1) is 5.82 Å². The van der Waals surface area contributed by atoms with Crippen molar-refractivity contribution in [1.29, 1.82) is 0 Å². The molecule has 0 aliphatic rings. The molecular formula is C12H13FN2O. The molecule has 0 fully saturated rings. The van der Waals surface area contributed by atoms with Crippen molar-refractivity contribution < 1.29 is 9.50 Å². The molecule has 1 aromatic carbocycles. The monoisotopic (exact) mass is 220 g/mol. The lowest BCUT2D eigenvalue weighted by molar-refractivity contribution is 0.460. The van der Waals surface area contributed by atoms with Crippen molar-refractivity contribution in [3.05, 3.63) is 54.1 Å². The standard InChI is InChI=1S/C12H13FN2O/c1-9(14-15-6-2-3-7-15)11-8-10(13)4-5-12(11)16/h2-9,14,16H,1H3. The Bertz CT molecular complexity index is 468. The summed E-state index contributed by atoms with van der Waals surface area (Å²) in [6.45, 7) is 1.86. The van der Waals surface area contributed by atoms with E-state index in [1.807, 2.05) is 31.5 Å². The summed E-state index contributed by atoms with van der Waals surface area (Å²) in [7, 11) is 0. The summed E-state index contributed by atoms with van der Waals surface area (Å²) in [5, 5.41) is 9.62. The molecule has 0 spiro atoms. The predicted molar refractivity (Wildman–Crippen MR) is 60.3 cm³/mol. The summed E-state index contributed by atoms with van der Waals surface area (Å²) >= 11 is 0. The lowest BCUT2D eigenvalue weighted by Crippen LogP contribution is -2.17. The van der Waals surface area contributed by atoms with Gasteiger partial charge in [0, 0.05) is 18.0 Å². The molecule has 3 nitrogen and oxygen atoms in total. The van der Waals surface area contributed by atoms with Gasteiger partial charge < -0.3 is 10.5 Å². The molecule has 1 atom stereocenters. The Morgan fingerprint density at radius 2 is 2.00 bits per heavy atom. The van der Waals surface area contributed by atoms with Gasteiger partial charge in [0.25, 0.3) is 0 Å². The molecule has 2 aromatic rings. The highest BCUT2D eigenvalue weighted by Gasteiger charge is 2.10. The van der Waals surface area contributed by atoms with Crippen LogP contribution in [0.4, 0.5) is 4.39 Å². The van der Waals surface area contributed by atoms with Crippen LogP contribution < -0.4 is 5.43 Å². The first-order valence-corrected chi connectivity index (χ1v) is 5.05. The number of benzene rings is 1. The van der Waals surface area contributed by atoms with E-state index in [9.17, 15) is 9.50 Å². The molecule has 2 N–H and O–H groups in total. The SMILES string of the molecule is CC(Nn1cccc1)c1cc(F)ccc1O. The Labute approximate surface area is 93.1 Å². The molecule has 84 valence electrons. The Hall–Kier alpha value is -1.97. The molecule has 0 radical (unpaired) electrons. The summed E-state index contributed by atoms with van der Waals surface area (Å²) in [6, 6.07) is 7.51. The average molecular weight is 220 g/mol. The summed E-state index contributed by atoms with van der Waals surface area (Å²) in [5.74, 6) is -0.262. The fourth-order valence-corrected chi connectivity index (χ4v) is 1.59. The molecule has 1 aromatic heterocycles. The van der Waals surface area contributed by atoms with Gasteiger partial charge in [-0.05, 0) is 37.3 Å². The number of phenolic OH excluding ortho intramolecular Hbond substituents is 1. The van der Waals surface area contributed by atoms with E-state index >= 15 is 0 Å². The first-order chi connectivity index (χ1) is 7.66. The van der Waals surface area contributed by atoms with Crippen LogP contribution in [0.1, 0.15) is 18.5 Å². The average Bonchev–Trinajstić information content (AvgIpc) is 2.74. The summed E-state index contributed by atoms with van der Waals surface area (Å²) in [5.41, 5.74) is 3.63. The van der Waals surface area contributed by atoms with Gasteiger partial charge in [0.2, 0.25) is 0 Å². The minimum Gasteiger partial charge on any atom is -0.508 e. The minimum atomic E-state index is -0.353. The van der Waals surface area contributed by atoms with Gasteiger partial charge in [0.05, 0.1) is 6.04 Å². The molecule has 16 heavy (non-hydrogen) atoms. The normalized spacial score (nSPS) is 12.4. The lowest BCUT2D eigenvalue weighted by Gasteiger charge is -2.17. The fourth-order valence-electron chi connectivity index (χ4n) is 1.59. The van der Waals surface area contributed by atoms with Crippen LogP contribution in [0.2, 0.25) is 0 Å². The van der Waals surface area contributed by atoms with E-state index in [4.69, 9.17) is 0 Å².